The van der Waals surface area contributed by atoms with Crippen molar-refractivity contribution in [2.24, 2.45) is 0 Å². The van der Waals surface area contributed by atoms with E-state index in [0.29, 0.717) is 6.42 Å². The number of Topliss-reactive ketones (excluding diaryl/α,β-unsaturated/α-hetero) is 1. The molecule has 0 aromatic carbocycles. The summed E-state index contributed by atoms with van der Waals surface area (Å²) in [4.78, 5) is 37.3. The van der Waals surface area contributed by atoms with E-state index in [-0.39, 0.29) is 24.4 Å². The molecular formula is C17H28N3O6P. The minimum atomic E-state index is -1.33. The lowest BCUT2D eigenvalue weighted by molar-refractivity contribution is -0.116. The number of hydrogen-bond acceptors (Lipinski definition) is 7. The normalized spacial score (nSPS) is 25.7. The molecule has 0 bridgehead atoms. The Morgan fingerprint density at radius 2 is 2.04 bits per heavy atom. The number of aromatic amines is 1. The number of nitrogens with zero attached hydrogens (tertiary/aromatic N) is 1. The summed E-state index contributed by atoms with van der Waals surface area (Å²) in [7, 11) is 0. The lowest BCUT2D eigenvalue weighted by atomic mass is 10.1. The van der Waals surface area contributed by atoms with Crippen LogP contribution in [0.4, 0.5) is 0 Å². The molecule has 152 valence electrons. The molecule has 0 aliphatic carbocycles. The first-order valence-corrected chi connectivity index (χ1v) is 11.8. The first-order chi connectivity index (χ1) is 12.5. The number of ether oxygens (including phenoxy) is 1. The number of aromatic nitrogens is 2. The minimum Gasteiger partial charge on any atom is -0.388 e. The summed E-state index contributed by atoms with van der Waals surface area (Å²) in [5.74, 6) is -0.0866. The summed E-state index contributed by atoms with van der Waals surface area (Å²) < 4.78 is 6.82. The maximum atomic E-state index is 12.2. The van der Waals surface area contributed by atoms with Crippen molar-refractivity contribution < 1.29 is 19.7 Å². The van der Waals surface area contributed by atoms with E-state index in [0.717, 1.165) is 10.7 Å². The standard InChI is InChI=1S/C17H28N3O6P/c1-10(21)7-18-8-11-9-20(17(25)19-15(11)24)16-14(23)13(22)12(26-16)5-6-27(2,3)4/h9,12-14,16,18,22-23H,2,5-8H2,1,3-4H3,(H,19,24,25)/t12?,13-,14-,16-/m1/s1. The average molecular weight is 401 g/mol. The topological polar surface area (TPSA) is 134 Å². The third-order valence-corrected chi connectivity index (χ3v) is 5.83. The second-order valence-electron chi connectivity index (χ2n) is 7.62. The van der Waals surface area contributed by atoms with Gasteiger partial charge in [0.25, 0.3) is 5.56 Å². The highest BCUT2D eigenvalue weighted by Gasteiger charge is 2.44. The number of hydrogen-bond donors (Lipinski definition) is 4. The second-order valence-corrected chi connectivity index (χ2v) is 11.9. The van der Waals surface area contributed by atoms with Crippen LogP contribution in [0.1, 0.15) is 25.1 Å². The van der Waals surface area contributed by atoms with Gasteiger partial charge in [0.1, 0.15) is 18.0 Å². The summed E-state index contributed by atoms with van der Waals surface area (Å²) >= 11 is 0. The molecule has 1 saturated heterocycles. The molecule has 0 radical (unpaired) electrons. The molecule has 2 heterocycles. The molecule has 4 N–H and O–H groups in total. The van der Waals surface area contributed by atoms with Gasteiger partial charge in [0.05, 0.1) is 12.6 Å². The smallest absolute Gasteiger partial charge is 0.330 e. The number of aliphatic hydroxyl groups is 2. The zero-order valence-electron chi connectivity index (χ0n) is 15.8. The monoisotopic (exact) mass is 401 g/mol. The van der Waals surface area contributed by atoms with Gasteiger partial charge in [0.15, 0.2) is 6.23 Å². The fourth-order valence-electron chi connectivity index (χ4n) is 2.89. The molecule has 1 aliphatic rings. The molecule has 1 aromatic heterocycles. The molecular weight excluding hydrogens is 373 g/mol. The van der Waals surface area contributed by atoms with Crippen LogP contribution in [0.2, 0.25) is 0 Å². The van der Waals surface area contributed by atoms with E-state index in [4.69, 9.17) is 4.74 Å². The Bertz CT molecular complexity index is 842. The van der Waals surface area contributed by atoms with Gasteiger partial charge < -0.3 is 20.3 Å². The number of H-pyrrole nitrogens is 1. The fourth-order valence-corrected chi connectivity index (χ4v) is 3.84. The van der Waals surface area contributed by atoms with Crippen LogP contribution in [0, 0.1) is 0 Å². The van der Waals surface area contributed by atoms with Gasteiger partial charge in [-0.1, -0.05) is 0 Å². The molecule has 0 spiro atoms. The van der Waals surface area contributed by atoms with Crippen LogP contribution >= 0.6 is 6.89 Å². The number of carbonyl (C=O) groups excluding carboxylic acids is 1. The van der Waals surface area contributed by atoms with E-state index in [1.54, 1.807) is 0 Å². The van der Waals surface area contributed by atoms with Crippen molar-refractivity contribution in [2.75, 3.05) is 26.0 Å². The molecule has 0 amide bonds. The summed E-state index contributed by atoms with van der Waals surface area (Å²) in [5, 5.41) is 23.4. The Kier molecular flexibility index (Phi) is 6.99. The summed E-state index contributed by atoms with van der Waals surface area (Å²) in [5.41, 5.74) is -1.10. The summed E-state index contributed by atoms with van der Waals surface area (Å²) in [6.07, 6.45) is 2.52. The Morgan fingerprint density at radius 1 is 1.37 bits per heavy atom. The van der Waals surface area contributed by atoms with E-state index >= 15 is 0 Å². The van der Waals surface area contributed by atoms with Crippen molar-refractivity contribution >= 4 is 19.0 Å². The van der Waals surface area contributed by atoms with Gasteiger partial charge in [-0.2, -0.15) is 0 Å². The first kappa shape index (κ1) is 21.8. The van der Waals surface area contributed by atoms with Crippen LogP contribution in [0.5, 0.6) is 0 Å². The van der Waals surface area contributed by atoms with Crippen LogP contribution in [0.3, 0.4) is 0 Å². The Labute approximate surface area is 157 Å². The van der Waals surface area contributed by atoms with E-state index in [2.05, 4.69) is 29.9 Å². The van der Waals surface area contributed by atoms with Crippen molar-refractivity contribution in [2.45, 2.75) is 44.4 Å². The van der Waals surface area contributed by atoms with Gasteiger partial charge in [-0.25, -0.2) is 4.79 Å². The van der Waals surface area contributed by atoms with Gasteiger partial charge in [-0.05, 0) is 32.8 Å². The quantitative estimate of drug-likeness (QED) is 0.408. The molecule has 1 aliphatic heterocycles. The molecule has 1 unspecified atom stereocenters. The third kappa shape index (κ3) is 5.73. The molecule has 4 atom stereocenters. The molecule has 27 heavy (non-hydrogen) atoms. The van der Waals surface area contributed by atoms with Gasteiger partial charge in [0, 0.05) is 18.3 Å². The highest BCUT2D eigenvalue weighted by Crippen LogP contribution is 2.39. The van der Waals surface area contributed by atoms with Gasteiger partial charge in [-0.15, -0.1) is 13.2 Å². The van der Waals surface area contributed by atoms with Gasteiger partial charge >= 0.3 is 5.69 Å². The first-order valence-electron chi connectivity index (χ1n) is 8.73. The molecule has 2 rings (SSSR count). The van der Waals surface area contributed by atoms with Crippen LogP contribution < -0.4 is 16.6 Å². The van der Waals surface area contributed by atoms with E-state index < -0.39 is 42.7 Å². The SMILES string of the molecule is C=P(C)(C)CCC1O[C@@H](n2cc(CNCC(C)=O)c(=O)[nH]c2=O)[C@H](O)[C@@H]1O. The Hall–Kier alpha value is -1.51. The molecule has 0 saturated carbocycles. The Balaban J connectivity index is 2.21. The van der Waals surface area contributed by atoms with E-state index in [9.17, 15) is 24.6 Å². The second kappa shape index (κ2) is 8.67. The molecule has 10 heteroatoms. The van der Waals surface area contributed by atoms with E-state index in [1.165, 1.54) is 13.1 Å². The number of carbonyl (C=O) groups is 1. The van der Waals surface area contributed by atoms with Gasteiger partial charge in [-0.3, -0.25) is 19.1 Å². The van der Waals surface area contributed by atoms with Crippen LogP contribution in [0.25, 0.3) is 0 Å². The van der Waals surface area contributed by atoms with Crippen molar-refractivity contribution in [3.8, 4) is 0 Å². The van der Waals surface area contributed by atoms with Crippen LogP contribution in [-0.4, -0.2) is 76.2 Å². The number of aliphatic hydroxyl groups excluding tert-OH is 2. The zero-order chi connectivity index (χ0) is 20.4. The number of nitrogens with one attached hydrogen (secondary N) is 2. The highest BCUT2D eigenvalue weighted by atomic mass is 31.2. The van der Waals surface area contributed by atoms with Gasteiger partial charge in [0.2, 0.25) is 0 Å². The van der Waals surface area contributed by atoms with Crippen molar-refractivity contribution in [3.63, 3.8) is 0 Å². The summed E-state index contributed by atoms with van der Waals surface area (Å²) in [6.45, 7) is 4.38. The molecule has 1 aromatic rings. The van der Waals surface area contributed by atoms with Crippen LogP contribution in [0.15, 0.2) is 15.8 Å². The predicted molar refractivity (Wildman–Crippen MR) is 105 cm³/mol. The Morgan fingerprint density at radius 3 is 2.63 bits per heavy atom. The van der Waals surface area contributed by atoms with Crippen LogP contribution in [-0.2, 0) is 16.1 Å². The average Bonchev–Trinajstić information content (AvgIpc) is 2.82. The maximum Gasteiger partial charge on any atom is 0.330 e. The van der Waals surface area contributed by atoms with E-state index in [1.807, 2.05) is 0 Å². The lowest BCUT2D eigenvalue weighted by Crippen LogP contribution is -2.39. The molecule has 1 fully saturated rings. The van der Waals surface area contributed by atoms with Crippen molar-refractivity contribution in [1.82, 2.24) is 14.9 Å². The fraction of sp³-hybridized carbons (Fsp3) is 0.647. The minimum absolute atomic E-state index is 0.0736. The largest absolute Gasteiger partial charge is 0.388 e. The third-order valence-electron chi connectivity index (χ3n) is 4.36. The number of ketones is 1. The summed E-state index contributed by atoms with van der Waals surface area (Å²) in [6, 6.07) is 0. The zero-order valence-corrected chi connectivity index (χ0v) is 16.7. The highest BCUT2D eigenvalue weighted by molar-refractivity contribution is 7.72. The molecule has 9 nitrogen and oxygen atoms in total. The lowest BCUT2D eigenvalue weighted by Gasteiger charge is -2.19. The van der Waals surface area contributed by atoms with Crippen molar-refractivity contribution in [1.29, 1.82) is 0 Å². The van der Waals surface area contributed by atoms with Crippen molar-refractivity contribution in [3.05, 3.63) is 32.6 Å². The maximum absolute atomic E-state index is 12.2. The predicted octanol–water partition coefficient (Wildman–Crippen LogP) is -1.07. The number of rotatable bonds is 8.